The molecule has 0 aromatic heterocycles. The van der Waals surface area contributed by atoms with Crippen LogP contribution in [0.4, 0.5) is 0 Å². The lowest BCUT2D eigenvalue weighted by Crippen LogP contribution is -2.13. The Hall–Kier alpha value is -0.0400. The summed E-state index contributed by atoms with van der Waals surface area (Å²) in [4.78, 5) is 0. The fourth-order valence-electron chi connectivity index (χ4n) is 0.455. The maximum absolute atomic E-state index is 5.40. The highest BCUT2D eigenvalue weighted by molar-refractivity contribution is 4.47. The van der Waals surface area contributed by atoms with Crippen molar-refractivity contribution in [1.82, 2.24) is 0 Å². The summed E-state index contributed by atoms with van der Waals surface area (Å²) in [5.74, 6) is 0. The molecule has 0 aliphatic rings. The van der Waals surface area contributed by atoms with E-state index in [9.17, 15) is 0 Å². The van der Waals surface area contributed by atoms with Crippen LogP contribution in [0.3, 0.4) is 0 Å². The van der Waals surface area contributed by atoms with Crippen molar-refractivity contribution in [3.63, 3.8) is 0 Å². The zero-order valence-electron chi connectivity index (χ0n) is 4.57. The van der Waals surface area contributed by atoms with Crippen LogP contribution in [0, 0.1) is 0 Å². The Balaban J connectivity index is 2.63. The summed E-state index contributed by atoms with van der Waals surface area (Å²) in [6.07, 6.45) is 2.36. The molecule has 0 aliphatic heterocycles. The minimum Gasteiger partial charge on any atom is -0.328 e. The summed E-state index contributed by atoms with van der Waals surface area (Å²) >= 11 is 0. The van der Waals surface area contributed by atoms with Crippen LogP contribution in [0.1, 0.15) is 26.7 Å². The van der Waals surface area contributed by atoms with Crippen molar-refractivity contribution >= 4 is 0 Å². The van der Waals surface area contributed by atoms with Gasteiger partial charge in [-0.05, 0) is 13.3 Å². The van der Waals surface area contributed by atoms with Gasteiger partial charge in [-0.15, -0.1) is 0 Å². The molecule has 0 saturated heterocycles. The summed E-state index contributed by atoms with van der Waals surface area (Å²) in [6, 6.07) is 0.398. The molecular formula is C5H13N. The molecule has 1 nitrogen and oxygen atoms in total. The fraction of sp³-hybridized carbons (Fsp3) is 1.00. The van der Waals surface area contributed by atoms with E-state index in [-0.39, 0.29) is 0 Å². The summed E-state index contributed by atoms with van der Waals surface area (Å²) in [5, 5.41) is 0. The van der Waals surface area contributed by atoms with Crippen LogP contribution in [0.25, 0.3) is 0 Å². The van der Waals surface area contributed by atoms with Crippen molar-refractivity contribution < 1.29 is 0 Å². The standard InChI is InChI=1S/C5H13N/c1-3-4-5(2)6/h5H,3-4,6H2,1-2H3/t5-/m0/s1. The van der Waals surface area contributed by atoms with E-state index in [0.717, 1.165) is 6.42 Å². The molecule has 0 rings (SSSR count). The lowest BCUT2D eigenvalue weighted by atomic mass is 10.2. The van der Waals surface area contributed by atoms with Gasteiger partial charge < -0.3 is 5.73 Å². The third kappa shape index (κ3) is 3.96. The molecule has 6 heavy (non-hydrogen) atoms. The van der Waals surface area contributed by atoms with Gasteiger partial charge in [0, 0.05) is 6.04 Å². The Morgan fingerprint density at radius 3 is 2.17 bits per heavy atom. The zero-order chi connectivity index (χ0) is 4.99. The SMILES string of the molecule is CCC[C@H](C)N. The first-order valence-electron chi connectivity index (χ1n) is 2.53. The first-order valence-corrected chi connectivity index (χ1v) is 2.53. The van der Waals surface area contributed by atoms with Crippen LogP contribution in [0.2, 0.25) is 0 Å². The third-order valence-corrected chi connectivity index (χ3v) is 0.744. The predicted octanol–water partition coefficient (Wildman–Crippen LogP) is 1.13. The second kappa shape index (κ2) is 3.16. The lowest BCUT2D eigenvalue weighted by Gasteiger charge is -1.96. The maximum atomic E-state index is 5.40. The van der Waals surface area contributed by atoms with Gasteiger partial charge in [-0.1, -0.05) is 13.3 Å². The summed E-state index contributed by atoms with van der Waals surface area (Å²) in [6.45, 7) is 4.17. The van der Waals surface area contributed by atoms with Crippen molar-refractivity contribution in [2.75, 3.05) is 0 Å². The first-order chi connectivity index (χ1) is 2.77. The molecule has 0 bridgehead atoms. The van der Waals surface area contributed by atoms with Crippen LogP contribution in [0.5, 0.6) is 0 Å². The number of hydrogen-bond acceptors (Lipinski definition) is 1. The molecule has 1 atom stereocenters. The van der Waals surface area contributed by atoms with Gasteiger partial charge in [0.25, 0.3) is 0 Å². The van der Waals surface area contributed by atoms with Gasteiger partial charge in [0.05, 0.1) is 0 Å². The Morgan fingerprint density at radius 1 is 1.67 bits per heavy atom. The van der Waals surface area contributed by atoms with E-state index in [0.29, 0.717) is 6.04 Å². The minimum atomic E-state index is 0.398. The molecule has 0 heterocycles. The molecule has 38 valence electrons. The molecule has 0 radical (unpaired) electrons. The van der Waals surface area contributed by atoms with Gasteiger partial charge >= 0.3 is 0 Å². The molecule has 2 N–H and O–H groups in total. The van der Waals surface area contributed by atoms with E-state index in [2.05, 4.69) is 6.92 Å². The van der Waals surface area contributed by atoms with Crippen molar-refractivity contribution in [3.8, 4) is 0 Å². The smallest absolute Gasteiger partial charge is 0.00103 e. The zero-order valence-corrected chi connectivity index (χ0v) is 4.57. The minimum absolute atomic E-state index is 0.398. The summed E-state index contributed by atoms with van der Waals surface area (Å²) in [7, 11) is 0. The van der Waals surface area contributed by atoms with E-state index in [1.165, 1.54) is 6.42 Å². The topological polar surface area (TPSA) is 26.0 Å². The second-order valence-corrected chi connectivity index (χ2v) is 1.77. The van der Waals surface area contributed by atoms with Crippen molar-refractivity contribution in [2.45, 2.75) is 32.7 Å². The molecule has 0 unspecified atom stereocenters. The van der Waals surface area contributed by atoms with Gasteiger partial charge in [-0.25, -0.2) is 0 Å². The number of hydrogen-bond donors (Lipinski definition) is 1. The van der Waals surface area contributed by atoms with Gasteiger partial charge in [-0.2, -0.15) is 0 Å². The number of nitrogens with two attached hydrogens (primary N) is 1. The third-order valence-electron chi connectivity index (χ3n) is 0.744. The molecule has 0 aromatic carbocycles. The largest absolute Gasteiger partial charge is 0.328 e. The normalized spacial score (nSPS) is 14.5. The van der Waals surface area contributed by atoms with Gasteiger partial charge in [0.1, 0.15) is 0 Å². The summed E-state index contributed by atoms with van der Waals surface area (Å²) < 4.78 is 0. The van der Waals surface area contributed by atoms with E-state index in [1.54, 1.807) is 0 Å². The van der Waals surface area contributed by atoms with Gasteiger partial charge in [-0.3, -0.25) is 0 Å². The Kier molecular flexibility index (Phi) is 3.14. The Morgan fingerprint density at radius 2 is 2.17 bits per heavy atom. The Labute approximate surface area is 39.5 Å². The Bertz CT molecular complexity index is 25.1. The maximum Gasteiger partial charge on any atom is 0.00103 e. The van der Waals surface area contributed by atoms with Crippen LogP contribution in [-0.2, 0) is 0 Å². The molecule has 1 heteroatoms. The molecular weight excluding hydrogens is 74.1 g/mol. The molecule has 0 aromatic rings. The highest BCUT2D eigenvalue weighted by Gasteiger charge is 1.85. The monoisotopic (exact) mass is 87.1 g/mol. The van der Waals surface area contributed by atoms with Gasteiger partial charge in [0.15, 0.2) is 0 Å². The average molecular weight is 87.2 g/mol. The second-order valence-electron chi connectivity index (χ2n) is 1.77. The van der Waals surface area contributed by atoms with E-state index in [4.69, 9.17) is 5.73 Å². The van der Waals surface area contributed by atoms with E-state index < -0.39 is 0 Å². The quantitative estimate of drug-likeness (QED) is 0.537. The first kappa shape index (κ1) is 5.96. The summed E-state index contributed by atoms with van der Waals surface area (Å²) in [5.41, 5.74) is 5.40. The highest BCUT2D eigenvalue weighted by atomic mass is 14.6. The average Bonchev–Trinajstić information content (AvgIpc) is 1.35. The van der Waals surface area contributed by atoms with Gasteiger partial charge in [0.2, 0.25) is 0 Å². The van der Waals surface area contributed by atoms with Crippen LogP contribution < -0.4 is 5.73 Å². The molecule has 0 saturated carbocycles. The molecule has 0 amide bonds. The van der Waals surface area contributed by atoms with E-state index in [1.807, 2.05) is 6.92 Å². The van der Waals surface area contributed by atoms with Crippen molar-refractivity contribution in [1.29, 1.82) is 0 Å². The van der Waals surface area contributed by atoms with Crippen LogP contribution in [-0.4, -0.2) is 6.04 Å². The molecule has 0 fully saturated rings. The van der Waals surface area contributed by atoms with E-state index >= 15 is 0 Å². The highest BCUT2D eigenvalue weighted by Crippen LogP contribution is 1.88. The van der Waals surface area contributed by atoms with Crippen LogP contribution >= 0.6 is 0 Å². The number of rotatable bonds is 2. The van der Waals surface area contributed by atoms with Crippen molar-refractivity contribution in [2.24, 2.45) is 5.73 Å². The fourth-order valence-corrected chi connectivity index (χ4v) is 0.455. The lowest BCUT2D eigenvalue weighted by molar-refractivity contribution is 0.653. The predicted molar refractivity (Wildman–Crippen MR) is 28.6 cm³/mol. The molecule has 0 spiro atoms. The van der Waals surface area contributed by atoms with Crippen LogP contribution in [0.15, 0.2) is 0 Å². The molecule has 0 aliphatic carbocycles. The van der Waals surface area contributed by atoms with Crippen molar-refractivity contribution in [3.05, 3.63) is 0 Å².